The number of benzene rings is 2. The first-order valence-corrected chi connectivity index (χ1v) is 10.3. The minimum absolute atomic E-state index is 0.104. The summed E-state index contributed by atoms with van der Waals surface area (Å²) in [4.78, 5) is 24.2. The Bertz CT molecular complexity index is 990. The fourth-order valence-electron chi connectivity index (χ4n) is 2.72. The summed E-state index contributed by atoms with van der Waals surface area (Å²) in [7, 11) is 1.55. The topological polar surface area (TPSA) is 98.1 Å². The third kappa shape index (κ3) is 5.84. The predicted octanol–water partition coefficient (Wildman–Crippen LogP) is 2.39. The van der Waals surface area contributed by atoms with E-state index in [-0.39, 0.29) is 11.7 Å². The van der Waals surface area contributed by atoms with Gasteiger partial charge >= 0.3 is 0 Å². The highest BCUT2D eigenvalue weighted by Crippen LogP contribution is 2.17. The van der Waals surface area contributed by atoms with E-state index in [2.05, 4.69) is 33.2 Å². The smallest absolute Gasteiger partial charge is 0.269 e. The molecule has 2 N–H and O–H groups in total. The number of thioether (sulfide) groups is 1. The van der Waals surface area contributed by atoms with Crippen molar-refractivity contribution in [3.05, 3.63) is 71.5 Å². The van der Waals surface area contributed by atoms with E-state index in [1.54, 1.807) is 31.4 Å². The maximum absolute atomic E-state index is 12.1. The predicted molar refractivity (Wildman–Crippen MR) is 114 cm³/mol. The Hall–Kier alpha value is -3.33. The molecular weight excluding hydrogens is 402 g/mol. The number of amides is 2. The molecule has 8 nitrogen and oxygen atoms in total. The third-order valence-corrected chi connectivity index (χ3v) is 5.34. The molecule has 0 saturated carbocycles. The van der Waals surface area contributed by atoms with Crippen LogP contribution in [0, 0.1) is 6.92 Å². The molecule has 9 heteroatoms. The number of carbonyl (C=O) groups is 2. The van der Waals surface area contributed by atoms with E-state index >= 15 is 0 Å². The number of hydrogen-bond acceptors (Lipinski definition) is 6. The Balaban J connectivity index is 1.48. The van der Waals surface area contributed by atoms with Gasteiger partial charge in [-0.25, -0.2) is 0 Å². The lowest BCUT2D eigenvalue weighted by molar-refractivity contribution is -0.119. The molecule has 0 aliphatic heterocycles. The van der Waals surface area contributed by atoms with Crippen molar-refractivity contribution in [3.8, 4) is 5.75 Å². The van der Waals surface area contributed by atoms with Gasteiger partial charge in [-0.1, -0.05) is 42.1 Å². The zero-order valence-corrected chi connectivity index (χ0v) is 17.6. The van der Waals surface area contributed by atoms with Gasteiger partial charge in [0.15, 0.2) is 5.16 Å². The van der Waals surface area contributed by atoms with E-state index < -0.39 is 5.91 Å². The second-order valence-corrected chi connectivity index (χ2v) is 7.38. The fraction of sp³-hybridized carbons (Fsp3) is 0.238. The Kier molecular flexibility index (Phi) is 7.45. The molecule has 0 unspecified atom stereocenters. The van der Waals surface area contributed by atoms with Crippen molar-refractivity contribution < 1.29 is 14.3 Å². The molecule has 0 aliphatic rings. The van der Waals surface area contributed by atoms with E-state index in [4.69, 9.17) is 4.74 Å². The highest BCUT2D eigenvalue weighted by atomic mass is 32.2. The quantitative estimate of drug-likeness (QED) is 0.425. The monoisotopic (exact) mass is 425 g/mol. The molecule has 0 bridgehead atoms. The highest BCUT2D eigenvalue weighted by Gasteiger charge is 2.13. The highest BCUT2D eigenvalue weighted by molar-refractivity contribution is 7.99. The molecule has 3 aromatic rings. The summed E-state index contributed by atoms with van der Waals surface area (Å²) in [6.07, 6.45) is 0.845. The normalized spacial score (nSPS) is 10.5. The van der Waals surface area contributed by atoms with Gasteiger partial charge in [0.1, 0.15) is 11.6 Å². The van der Waals surface area contributed by atoms with Crippen LogP contribution in [0.4, 0.5) is 0 Å². The lowest BCUT2D eigenvalue weighted by Gasteiger charge is -2.09. The summed E-state index contributed by atoms with van der Waals surface area (Å²) in [5.41, 5.74) is 6.46. The minimum Gasteiger partial charge on any atom is -0.497 e. The number of nitrogens with one attached hydrogen (secondary N) is 2. The molecule has 1 heterocycles. The van der Waals surface area contributed by atoms with E-state index in [9.17, 15) is 9.59 Å². The maximum atomic E-state index is 12.1. The number of hydrogen-bond donors (Lipinski definition) is 2. The number of aromatic nitrogens is 3. The number of nitrogens with zero attached hydrogens (tertiary/aromatic N) is 3. The Morgan fingerprint density at radius 3 is 2.47 bits per heavy atom. The summed E-state index contributed by atoms with van der Waals surface area (Å²) in [5.74, 6) is 0.808. The molecule has 156 valence electrons. The molecule has 0 spiro atoms. The van der Waals surface area contributed by atoms with Crippen LogP contribution in [0.15, 0.2) is 59.8 Å². The number of methoxy groups -OCH3 is 1. The van der Waals surface area contributed by atoms with Crippen LogP contribution < -0.4 is 15.6 Å². The molecule has 30 heavy (non-hydrogen) atoms. The van der Waals surface area contributed by atoms with Crippen molar-refractivity contribution in [1.82, 2.24) is 25.6 Å². The lowest BCUT2D eigenvalue weighted by atomic mass is 10.1. The van der Waals surface area contributed by atoms with Crippen molar-refractivity contribution in [2.75, 3.05) is 12.9 Å². The summed E-state index contributed by atoms with van der Waals surface area (Å²) in [6, 6.07) is 16.7. The first-order chi connectivity index (χ1) is 14.6. The van der Waals surface area contributed by atoms with Gasteiger partial charge in [-0.15, -0.1) is 10.2 Å². The van der Waals surface area contributed by atoms with E-state index in [1.807, 2.05) is 29.7 Å². The molecular formula is C21H23N5O3S. The van der Waals surface area contributed by atoms with Crippen LogP contribution in [0.3, 0.4) is 0 Å². The zero-order valence-electron chi connectivity index (χ0n) is 16.8. The maximum Gasteiger partial charge on any atom is 0.269 e. The van der Waals surface area contributed by atoms with Crippen LogP contribution in [0.2, 0.25) is 0 Å². The van der Waals surface area contributed by atoms with Crippen LogP contribution in [0.25, 0.3) is 0 Å². The Labute approximate surface area is 179 Å². The number of hydrazine groups is 1. The second-order valence-electron chi connectivity index (χ2n) is 6.44. The van der Waals surface area contributed by atoms with Crippen molar-refractivity contribution in [2.45, 2.75) is 25.0 Å². The van der Waals surface area contributed by atoms with Crippen molar-refractivity contribution in [2.24, 2.45) is 0 Å². The first kappa shape index (κ1) is 21.4. The Morgan fingerprint density at radius 2 is 1.77 bits per heavy atom. The SMILES string of the molecule is COc1ccc(C(=O)NNC(=O)CSc2nnc(C)n2CCc2ccccc2)cc1. The van der Waals surface area contributed by atoms with Gasteiger partial charge in [0.05, 0.1) is 12.9 Å². The molecule has 0 atom stereocenters. The van der Waals surface area contributed by atoms with Gasteiger partial charge in [0.2, 0.25) is 5.91 Å². The van der Waals surface area contributed by atoms with Gasteiger partial charge in [-0.2, -0.15) is 0 Å². The van der Waals surface area contributed by atoms with Gasteiger partial charge in [-0.05, 0) is 43.2 Å². The summed E-state index contributed by atoms with van der Waals surface area (Å²) < 4.78 is 7.04. The minimum atomic E-state index is -0.405. The molecule has 0 aliphatic carbocycles. The summed E-state index contributed by atoms with van der Waals surface area (Å²) >= 11 is 1.27. The third-order valence-electron chi connectivity index (χ3n) is 4.37. The number of ether oxygens (including phenoxy) is 1. The molecule has 0 fully saturated rings. The first-order valence-electron chi connectivity index (χ1n) is 9.36. The lowest BCUT2D eigenvalue weighted by Crippen LogP contribution is -2.42. The van der Waals surface area contributed by atoms with E-state index in [1.165, 1.54) is 17.3 Å². The van der Waals surface area contributed by atoms with Gasteiger partial charge < -0.3 is 9.30 Å². The summed E-state index contributed by atoms with van der Waals surface area (Å²) in [6.45, 7) is 2.61. The molecule has 3 rings (SSSR count). The fourth-order valence-corrected chi connectivity index (χ4v) is 3.53. The standard InChI is InChI=1S/C21H23N5O3S/c1-15-22-25-21(26(15)13-12-16-6-4-3-5-7-16)30-14-19(27)23-24-20(28)17-8-10-18(29-2)11-9-17/h3-11H,12-14H2,1-2H3,(H,23,27)(H,24,28). The molecule has 0 radical (unpaired) electrons. The van der Waals surface area contributed by atoms with E-state index in [0.717, 1.165) is 18.8 Å². The van der Waals surface area contributed by atoms with Crippen LogP contribution in [-0.4, -0.2) is 39.4 Å². The molecule has 2 aromatic carbocycles. The van der Waals surface area contributed by atoms with Crippen molar-refractivity contribution in [3.63, 3.8) is 0 Å². The van der Waals surface area contributed by atoms with E-state index in [0.29, 0.717) is 16.5 Å². The van der Waals surface area contributed by atoms with Crippen LogP contribution in [0.1, 0.15) is 21.7 Å². The van der Waals surface area contributed by atoms with Crippen molar-refractivity contribution in [1.29, 1.82) is 0 Å². The molecule has 1 aromatic heterocycles. The van der Waals surface area contributed by atoms with Gasteiger partial charge in [0, 0.05) is 12.1 Å². The van der Waals surface area contributed by atoms with Crippen LogP contribution >= 0.6 is 11.8 Å². The second kappa shape index (κ2) is 10.4. The summed E-state index contributed by atoms with van der Waals surface area (Å²) in [5, 5.41) is 8.94. The molecule has 0 saturated heterocycles. The largest absolute Gasteiger partial charge is 0.497 e. The number of rotatable bonds is 8. The average Bonchev–Trinajstić information content (AvgIpc) is 3.14. The number of aryl methyl sites for hydroxylation is 2. The zero-order chi connectivity index (χ0) is 21.3. The Morgan fingerprint density at radius 1 is 1.03 bits per heavy atom. The van der Waals surface area contributed by atoms with Gasteiger partial charge in [0.25, 0.3) is 5.91 Å². The molecule has 2 amide bonds. The van der Waals surface area contributed by atoms with Crippen molar-refractivity contribution >= 4 is 23.6 Å². The number of carbonyl (C=O) groups excluding carboxylic acids is 2. The van der Waals surface area contributed by atoms with Crippen LogP contribution in [0.5, 0.6) is 5.75 Å². The van der Waals surface area contributed by atoms with Gasteiger partial charge in [-0.3, -0.25) is 20.4 Å². The average molecular weight is 426 g/mol. The van der Waals surface area contributed by atoms with Crippen LogP contribution in [-0.2, 0) is 17.8 Å².